The van der Waals surface area contributed by atoms with Crippen LogP contribution in [0.1, 0.15) is 19.8 Å². The van der Waals surface area contributed by atoms with Crippen molar-refractivity contribution in [3.63, 3.8) is 0 Å². The molecule has 0 bridgehead atoms. The highest BCUT2D eigenvalue weighted by atomic mass is 35.5. The van der Waals surface area contributed by atoms with Crippen molar-refractivity contribution in [2.75, 3.05) is 25.1 Å². The molecule has 110 valence electrons. The Morgan fingerprint density at radius 2 is 2.40 bits per heavy atom. The molecule has 6 heteroatoms. The molecule has 0 saturated carbocycles. The van der Waals surface area contributed by atoms with Gasteiger partial charge in [-0.1, -0.05) is 11.6 Å². The van der Waals surface area contributed by atoms with Gasteiger partial charge >= 0.3 is 6.03 Å². The number of urea groups is 1. The number of nitrogens with one attached hydrogen (secondary N) is 2. The SMILES string of the molecule is CCOc1ccc(NC(=O)NCC2CCCO2)cc1Cl. The van der Waals surface area contributed by atoms with E-state index >= 15 is 0 Å². The molecular weight excluding hydrogens is 280 g/mol. The molecule has 2 rings (SSSR count). The van der Waals surface area contributed by atoms with Gasteiger partial charge in [0.2, 0.25) is 0 Å². The Hall–Kier alpha value is -1.46. The number of hydrogen-bond donors (Lipinski definition) is 2. The van der Waals surface area contributed by atoms with E-state index < -0.39 is 0 Å². The van der Waals surface area contributed by atoms with E-state index in [9.17, 15) is 4.79 Å². The highest BCUT2D eigenvalue weighted by Gasteiger charge is 2.16. The van der Waals surface area contributed by atoms with Crippen LogP contribution in [0.15, 0.2) is 18.2 Å². The van der Waals surface area contributed by atoms with Gasteiger partial charge in [0, 0.05) is 18.8 Å². The van der Waals surface area contributed by atoms with E-state index in [0.29, 0.717) is 29.6 Å². The summed E-state index contributed by atoms with van der Waals surface area (Å²) in [7, 11) is 0. The number of carbonyl (C=O) groups excluding carboxylic acids is 1. The largest absolute Gasteiger partial charge is 0.492 e. The molecule has 1 aliphatic rings. The van der Waals surface area contributed by atoms with Crippen LogP contribution < -0.4 is 15.4 Å². The van der Waals surface area contributed by atoms with Crippen LogP contribution in [0.4, 0.5) is 10.5 Å². The van der Waals surface area contributed by atoms with Gasteiger partial charge in [0.15, 0.2) is 0 Å². The first-order chi connectivity index (χ1) is 9.69. The lowest BCUT2D eigenvalue weighted by Crippen LogP contribution is -2.35. The van der Waals surface area contributed by atoms with Crippen LogP contribution in [-0.4, -0.2) is 31.9 Å². The number of ether oxygens (including phenoxy) is 2. The molecule has 1 saturated heterocycles. The standard InChI is InChI=1S/C14H19ClN2O3/c1-2-19-13-6-5-10(8-12(13)15)17-14(18)16-9-11-4-3-7-20-11/h5-6,8,11H,2-4,7,9H2,1H3,(H2,16,17,18). The Morgan fingerprint density at radius 1 is 1.55 bits per heavy atom. The summed E-state index contributed by atoms with van der Waals surface area (Å²) in [6.45, 7) is 3.74. The highest BCUT2D eigenvalue weighted by molar-refractivity contribution is 6.32. The third-order valence-electron chi connectivity index (χ3n) is 3.00. The van der Waals surface area contributed by atoms with Crippen LogP contribution in [0.3, 0.4) is 0 Å². The van der Waals surface area contributed by atoms with Crippen molar-refractivity contribution < 1.29 is 14.3 Å². The predicted molar refractivity (Wildman–Crippen MR) is 78.6 cm³/mol. The van der Waals surface area contributed by atoms with Crippen LogP contribution in [-0.2, 0) is 4.74 Å². The number of amides is 2. The minimum atomic E-state index is -0.263. The van der Waals surface area contributed by atoms with Crippen molar-refractivity contribution >= 4 is 23.3 Å². The fraction of sp³-hybridized carbons (Fsp3) is 0.500. The molecule has 0 aromatic heterocycles. The third kappa shape index (κ3) is 4.28. The smallest absolute Gasteiger partial charge is 0.319 e. The Labute approximate surface area is 123 Å². The molecule has 1 aromatic carbocycles. The van der Waals surface area contributed by atoms with Crippen LogP contribution in [0.2, 0.25) is 5.02 Å². The topological polar surface area (TPSA) is 59.6 Å². The highest BCUT2D eigenvalue weighted by Crippen LogP contribution is 2.27. The summed E-state index contributed by atoms with van der Waals surface area (Å²) in [6.07, 6.45) is 2.18. The molecule has 0 spiro atoms. The molecule has 0 radical (unpaired) electrons. The van der Waals surface area contributed by atoms with Gasteiger partial charge in [-0.05, 0) is 38.0 Å². The van der Waals surface area contributed by atoms with Crippen molar-refractivity contribution in [3.05, 3.63) is 23.2 Å². The van der Waals surface area contributed by atoms with Gasteiger partial charge in [0.25, 0.3) is 0 Å². The Balaban J connectivity index is 1.82. The summed E-state index contributed by atoms with van der Waals surface area (Å²) in [6, 6.07) is 4.89. The fourth-order valence-electron chi connectivity index (χ4n) is 2.04. The zero-order chi connectivity index (χ0) is 14.4. The summed E-state index contributed by atoms with van der Waals surface area (Å²) in [4.78, 5) is 11.7. The van der Waals surface area contributed by atoms with E-state index in [1.165, 1.54) is 0 Å². The van der Waals surface area contributed by atoms with Crippen molar-refractivity contribution in [3.8, 4) is 5.75 Å². The first kappa shape index (κ1) is 14.9. The summed E-state index contributed by atoms with van der Waals surface area (Å²) in [5.41, 5.74) is 0.628. The predicted octanol–water partition coefficient (Wildman–Crippen LogP) is 3.04. The molecule has 0 aliphatic carbocycles. The lowest BCUT2D eigenvalue weighted by molar-refractivity contribution is 0.112. The number of rotatable bonds is 5. The second-order valence-electron chi connectivity index (χ2n) is 4.55. The number of halogens is 1. The molecule has 2 N–H and O–H groups in total. The maximum atomic E-state index is 11.7. The van der Waals surface area contributed by atoms with E-state index in [0.717, 1.165) is 19.4 Å². The minimum Gasteiger partial charge on any atom is -0.492 e. The van der Waals surface area contributed by atoms with Crippen molar-refractivity contribution in [1.29, 1.82) is 0 Å². The average Bonchev–Trinajstić information content (AvgIpc) is 2.93. The number of anilines is 1. The van der Waals surface area contributed by atoms with Gasteiger partial charge in [-0.2, -0.15) is 0 Å². The average molecular weight is 299 g/mol. The fourth-order valence-corrected chi connectivity index (χ4v) is 2.27. The molecule has 1 fully saturated rings. The van der Waals surface area contributed by atoms with E-state index in [-0.39, 0.29) is 12.1 Å². The van der Waals surface area contributed by atoms with Gasteiger partial charge in [0.1, 0.15) is 5.75 Å². The van der Waals surface area contributed by atoms with E-state index in [1.807, 2.05) is 6.92 Å². The summed E-state index contributed by atoms with van der Waals surface area (Å²) < 4.78 is 10.8. The maximum Gasteiger partial charge on any atom is 0.319 e. The van der Waals surface area contributed by atoms with Crippen LogP contribution in [0.5, 0.6) is 5.75 Å². The molecule has 20 heavy (non-hydrogen) atoms. The van der Waals surface area contributed by atoms with Crippen molar-refractivity contribution in [2.45, 2.75) is 25.9 Å². The molecule has 2 amide bonds. The lowest BCUT2D eigenvalue weighted by Gasteiger charge is -2.12. The number of hydrogen-bond acceptors (Lipinski definition) is 3. The van der Waals surface area contributed by atoms with Gasteiger partial charge in [-0.25, -0.2) is 4.79 Å². The number of carbonyl (C=O) groups is 1. The van der Waals surface area contributed by atoms with Gasteiger partial charge in [-0.15, -0.1) is 0 Å². The van der Waals surface area contributed by atoms with Gasteiger partial charge in [-0.3, -0.25) is 0 Å². The maximum absolute atomic E-state index is 11.7. The van der Waals surface area contributed by atoms with E-state index in [1.54, 1.807) is 18.2 Å². The summed E-state index contributed by atoms with van der Waals surface area (Å²) in [5, 5.41) is 5.99. The molecule has 1 aliphatic heterocycles. The van der Waals surface area contributed by atoms with Crippen molar-refractivity contribution in [2.24, 2.45) is 0 Å². The summed E-state index contributed by atoms with van der Waals surface area (Å²) >= 11 is 6.06. The van der Waals surface area contributed by atoms with Gasteiger partial charge < -0.3 is 20.1 Å². The monoisotopic (exact) mass is 298 g/mol. The Kier molecular flexibility index (Phi) is 5.49. The summed E-state index contributed by atoms with van der Waals surface area (Å²) in [5.74, 6) is 0.611. The van der Waals surface area contributed by atoms with E-state index in [2.05, 4.69) is 10.6 Å². The second kappa shape index (κ2) is 7.36. The molecular formula is C14H19ClN2O3. The first-order valence-corrected chi connectivity index (χ1v) is 7.15. The van der Waals surface area contributed by atoms with E-state index in [4.69, 9.17) is 21.1 Å². The molecule has 1 unspecified atom stereocenters. The molecule has 1 aromatic rings. The molecule has 1 atom stereocenters. The van der Waals surface area contributed by atoms with Crippen LogP contribution in [0.25, 0.3) is 0 Å². The minimum absolute atomic E-state index is 0.129. The normalized spacial score (nSPS) is 17.8. The quantitative estimate of drug-likeness (QED) is 0.878. The third-order valence-corrected chi connectivity index (χ3v) is 3.30. The number of benzene rings is 1. The second-order valence-corrected chi connectivity index (χ2v) is 4.96. The zero-order valence-electron chi connectivity index (χ0n) is 11.4. The lowest BCUT2D eigenvalue weighted by atomic mass is 10.2. The van der Waals surface area contributed by atoms with Crippen molar-refractivity contribution in [1.82, 2.24) is 5.32 Å². The Bertz CT molecular complexity index is 462. The molecule has 5 nitrogen and oxygen atoms in total. The van der Waals surface area contributed by atoms with Crippen LogP contribution in [0, 0.1) is 0 Å². The molecule has 1 heterocycles. The zero-order valence-corrected chi connectivity index (χ0v) is 12.2. The van der Waals surface area contributed by atoms with Gasteiger partial charge in [0.05, 0.1) is 17.7 Å². The van der Waals surface area contributed by atoms with Crippen LogP contribution >= 0.6 is 11.6 Å². The first-order valence-electron chi connectivity index (χ1n) is 6.78. The Morgan fingerprint density at radius 3 is 3.05 bits per heavy atom.